The number of piperidine rings is 1. The second-order valence-corrected chi connectivity index (χ2v) is 10.4. The van der Waals surface area contributed by atoms with Crippen molar-refractivity contribution in [3.63, 3.8) is 0 Å². The molecule has 0 bridgehead atoms. The molecule has 0 saturated carbocycles. The van der Waals surface area contributed by atoms with Crippen molar-refractivity contribution in [2.45, 2.75) is 42.4 Å². The van der Waals surface area contributed by atoms with Crippen LogP contribution in [-0.2, 0) is 11.3 Å². The van der Waals surface area contributed by atoms with Crippen molar-refractivity contribution in [1.29, 1.82) is 0 Å². The number of aromatic nitrogens is 4. The van der Waals surface area contributed by atoms with E-state index in [9.17, 15) is 4.79 Å². The molecule has 1 amide bonds. The van der Waals surface area contributed by atoms with Gasteiger partial charge in [0.15, 0.2) is 33.6 Å². The number of likely N-dealkylation sites (tertiary alicyclic amines) is 1. The predicted molar refractivity (Wildman–Crippen MR) is 132 cm³/mol. The Kier molecular flexibility index (Phi) is 6.54. The van der Waals surface area contributed by atoms with Gasteiger partial charge in [-0.15, -0.1) is 0 Å². The van der Waals surface area contributed by atoms with Gasteiger partial charge in [-0.25, -0.2) is 15.0 Å². The van der Waals surface area contributed by atoms with Gasteiger partial charge >= 0.3 is 0 Å². The molecule has 10 nitrogen and oxygen atoms in total. The van der Waals surface area contributed by atoms with Gasteiger partial charge in [0.25, 0.3) is 0 Å². The number of nitrogens with two attached hydrogens (primary N) is 2. The number of fused-ring (bicyclic) bond motifs is 2. The van der Waals surface area contributed by atoms with Gasteiger partial charge in [-0.05, 0) is 53.7 Å². The van der Waals surface area contributed by atoms with Gasteiger partial charge in [-0.3, -0.25) is 4.79 Å². The summed E-state index contributed by atoms with van der Waals surface area (Å²) >= 11 is 5.16. The van der Waals surface area contributed by atoms with Crippen molar-refractivity contribution in [3.8, 4) is 11.5 Å². The van der Waals surface area contributed by atoms with Crippen LogP contribution in [0.1, 0.15) is 19.8 Å². The molecule has 1 saturated heterocycles. The normalized spacial score (nSPS) is 17.2. The van der Waals surface area contributed by atoms with E-state index in [0.29, 0.717) is 55.0 Å². The van der Waals surface area contributed by atoms with Crippen molar-refractivity contribution in [2.24, 2.45) is 11.7 Å². The Balaban J connectivity index is 1.42. The zero-order chi connectivity index (χ0) is 23.8. The quantitative estimate of drug-likeness (QED) is 0.494. The summed E-state index contributed by atoms with van der Waals surface area (Å²) in [6.07, 6.45) is 3.24. The average Bonchev–Trinajstić information content (AvgIpc) is 3.18. The molecule has 2 aliphatic rings. The number of nitrogens with zero attached hydrogens (tertiary/aromatic N) is 5. The molecule has 0 aliphatic carbocycles. The van der Waals surface area contributed by atoms with Crippen molar-refractivity contribution >= 4 is 50.6 Å². The minimum Gasteiger partial charge on any atom is -0.486 e. The lowest BCUT2D eigenvalue weighted by atomic mass is 9.96. The summed E-state index contributed by atoms with van der Waals surface area (Å²) in [5.41, 5.74) is 13.2. The molecule has 0 radical (unpaired) electrons. The Hall–Kier alpha value is -2.57. The van der Waals surface area contributed by atoms with Crippen LogP contribution in [0.5, 0.6) is 11.5 Å². The molecule has 0 unspecified atom stereocenters. The molecule has 34 heavy (non-hydrogen) atoms. The smallest absolute Gasteiger partial charge is 0.239 e. The van der Waals surface area contributed by atoms with Crippen LogP contribution in [-0.4, -0.2) is 62.7 Å². The number of hydrogen-bond acceptors (Lipinski definition) is 9. The Bertz CT molecular complexity index is 1230. The third-order valence-electron chi connectivity index (χ3n) is 6.08. The molecule has 1 aromatic carbocycles. The number of halogens is 1. The van der Waals surface area contributed by atoms with Crippen LogP contribution in [0.4, 0.5) is 5.82 Å². The number of imidazole rings is 1. The van der Waals surface area contributed by atoms with Crippen LogP contribution in [0.2, 0.25) is 0 Å². The number of amides is 1. The van der Waals surface area contributed by atoms with Crippen LogP contribution in [0.25, 0.3) is 11.2 Å². The molecule has 1 atom stereocenters. The molecule has 2 aliphatic heterocycles. The number of carbonyl (C=O) groups excluding carboxylic acids is 1. The van der Waals surface area contributed by atoms with Crippen molar-refractivity contribution in [3.05, 3.63) is 22.9 Å². The van der Waals surface area contributed by atoms with E-state index in [2.05, 4.69) is 30.5 Å². The molecule has 180 valence electrons. The fourth-order valence-corrected chi connectivity index (χ4v) is 5.77. The Morgan fingerprint density at radius 1 is 1.24 bits per heavy atom. The number of benzene rings is 1. The van der Waals surface area contributed by atoms with Gasteiger partial charge in [0.1, 0.15) is 19.5 Å². The number of hydrogen-bond donors (Lipinski definition) is 2. The van der Waals surface area contributed by atoms with E-state index in [1.54, 1.807) is 6.92 Å². The third-order valence-corrected chi connectivity index (χ3v) is 8.05. The summed E-state index contributed by atoms with van der Waals surface area (Å²) in [5.74, 6) is 2.16. The van der Waals surface area contributed by atoms with E-state index in [0.717, 1.165) is 39.7 Å². The van der Waals surface area contributed by atoms with Gasteiger partial charge in [0, 0.05) is 29.0 Å². The maximum Gasteiger partial charge on any atom is 0.239 e. The van der Waals surface area contributed by atoms with E-state index in [4.69, 9.17) is 25.9 Å². The summed E-state index contributed by atoms with van der Waals surface area (Å²) < 4.78 is 14.4. The first-order valence-electron chi connectivity index (χ1n) is 11.2. The summed E-state index contributed by atoms with van der Waals surface area (Å²) in [6.45, 7) is 4.91. The molecule has 4 N–H and O–H groups in total. The van der Waals surface area contributed by atoms with Crippen LogP contribution < -0.4 is 20.9 Å². The monoisotopic (exact) mass is 547 g/mol. The topological polar surface area (TPSA) is 134 Å². The van der Waals surface area contributed by atoms with E-state index < -0.39 is 6.04 Å². The highest BCUT2D eigenvalue weighted by Gasteiger charge is 2.27. The van der Waals surface area contributed by atoms with Crippen LogP contribution >= 0.6 is 27.7 Å². The fraction of sp³-hybridized carbons (Fsp3) is 0.455. The van der Waals surface area contributed by atoms with E-state index in [1.165, 1.54) is 18.1 Å². The molecule has 2 aromatic heterocycles. The highest BCUT2D eigenvalue weighted by atomic mass is 79.9. The fourth-order valence-electron chi connectivity index (χ4n) is 4.28. The van der Waals surface area contributed by atoms with Gasteiger partial charge in [-0.2, -0.15) is 0 Å². The van der Waals surface area contributed by atoms with E-state index in [-0.39, 0.29) is 5.91 Å². The highest BCUT2D eigenvalue weighted by Crippen LogP contribution is 2.42. The number of rotatable bonds is 5. The second kappa shape index (κ2) is 9.59. The van der Waals surface area contributed by atoms with E-state index >= 15 is 0 Å². The number of ether oxygens (including phenoxy) is 2. The first kappa shape index (κ1) is 23.2. The molecule has 3 aromatic rings. The standard InChI is InChI=1S/C22H26BrN7O3S/c1-12(24)21(31)29-4-2-13(3-5-29)10-30-20-18(19(25)26-11-27-20)28-22(30)34-17-9-16-15(8-14(17)23)32-6-7-33-16/h8-9,11-13H,2-7,10,24H2,1H3,(H2,25,26,27)/t12-/m1/s1. The zero-order valence-corrected chi connectivity index (χ0v) is 21.1. The van der Waals surface area contributed by atoms with E-state index in [1.807, 2.05) is 17.0 Å². The van der Waals surface area contributed by atoms with Gasteiger partial charge in [0.2, 0.25) is 5.91 Å². The maximum absolute atomic E-state index is 12.3. The predicted octanol–water partition coefficient (Wildman–Crippen LogP) is 2.68. The lowest BCUT2D eigenvalue weighted by Crippen LogP contribution is -2.46. The summed E-state index contributed by atoms with van der Waals surface area (Å²) in [5, 5.41) is 0.772. The highest BCUT2D eigenvalue weighted by molar-refractivity contribution is 9.10. The maximum atomic E-state index is 12.3. The second-order valence-electron chi connectivity index (χ2n) is 8.52. The SMILES string of the molecule is C[C@@H](N)C(=O)N1CCC(Cn2c(Sc3cc4c(cc3Br)OCCO4)nc3c(N)ncnc32)CC1. The van der Waals surface area contributed by atoms with Crippen molar-refractivity contribution < 1.29 is 14.3 Å². The molecule has 5 rings (SSSR count). The first-order valence-corrected chi connectivity index (χ1v) is 12.8. The van der Waals surface area contributed by atoms with Crippen molar-refractivity contribution in [2.75, 3.05) is 32.0 Å². The van der Waals surface area contributed by atoms with Crippen LogP contribution in [0, 0.1) is 5.92 Å². The summed E-state index contributed by atoms with van der Waals surface area (Å²) in [4.78, 5) is 28.5. The molecule has 0 spiro atoms. The zero-order valence-electron chi connectivity index (χ0n) is 18.7. The number of nitrogen functional groups attached to an aromatic ring is 1. The molecule has 12 heteroatoms. The molecular weight excluding hydrogens is 522 g/mol. The largest absolute Gasteiger partial charge is 0.486 e. The lowest BCUT2D eigenvalue weighted by molar-refractivity contribution is -0.133. The first-order chi connectivity index (χ1) is 16.4. The molecule has 1 fully saturated rings. The minimum absolute atomic E-state index is 0.00625. The van der Waals surface area contributed by atoms with Gasteiger partial charge in [0.05, 0.1) is 6.04 Å². The summed E-state index contributed by atoms with van der Waals surface area (Å²) in [7, 11) is 0. The Morgan fingerprint density at radius 2 is 1.94 bits per heavy atom. The molecular formula is C22H26BrN7O3S. The number of anilines is 1. The lowest BCUT2D eigenvalue weighted by Gasteiger charge is -2.33. The van der Waals surface area contributed by atoms with Gasteiger partial charge in [-0.1, -0.05) is 11.8 Å². The minimum atomic E-state index is -0.471. The molecule has 4 heterocycles. The number of carbonyl (C=O) groups is 1. The van der Waals surface area contributed by atoms with Gasteiger partial charge < -0.3 is 30.4 Å². The summed E-state index contributed by atoms with van der Waals surface area (Å²) in [6, 6.07) is 3.41. The van der Waals surface area contributed by atoms with Crippen LogP contribution in [0.15, 0.2) is 33.0 Å². The van der Waals surface area contributed by atoms with Crippen LogP contribution in [0.3, 0.4) is 0 Å². The Labute approximate surface area is 209 Å². The third kappa shape index (κ3) is 4.53. The van der Waals surface area contributed by atoms with Crippen molar-refractivity contribution in [1.82, 2.24) is 24.4 Å². The Morgan fingerprint density at radius 3 is 2.65 bits per heavy atom. The average molecular weight is 548 g/mol.